The van der Waals surface area contributed by atoms with Crippen LogP contribution in [-0.4, -0.2) is 23.6 Å². The number of aromatic nitrogens is 2. The van der Waals surface area contributed by atoms with Crippen molar-refractivity contribution in [2.75, 3.05) is 13.6 Å². The molecule has 0 spiro atoms. The number of likely N-dealkylation sites (N-methyl/N-ethyl adjacent to an activating group) is 1. The highest BCUT2D eigenvalue weighted by molar-refractivity contribution is 5.32. The number of fused-ring (bicyclic) bond motifs is 1. The molecule has 1 heterocycles. The molecular weight excluding hydrogens is 178 g/mol. The Morgan fingerprint density at radius 2 is 2.43 bits per heavy atom. The third kappa shape index (κ3) is 1.46. The van der Waals surface area contributed by atoms with Crippen molar-refractivity contribution in [1.82, 2.24) is 15.3 Å². The zero-order chi connectivity index (χ0) is 10.1. The molecule has 4 heteroatoms. The summed E-state index contributed by atoms with van der Waals surface area (Å²) in [5.74, 6) is 0.513. The van der Waals surface area contributed by atoms with E-state index in [0.717, 1.165) is 30.8 Å². The van der Waals surface area contributed by atoms with Crippen LogP contribution in [0.25, 0.3) is 0 Å². The van der Waals surface area contributed by atoms with Gasteiger partial charge in [-0.05, 0) is 32.4 Å². The Hall–Kier alpha value is -1.16. The molecule has 4 nitrogen and oxygen atoms in total. The van der Waals surface area contributed by atoms with Gasteiger partial charge < -0.3 is 10.3 Å². The van der Waals surface area contributed by atoms with Gasteiger partial charge in [-0.3, -0.25) is 0 Å². The Balaban J connectivity index is 2.44. The highest BCUT2D eigenvalue weighted by Crippen LogP contribution is 2.31. The monoisotopic (exact) mass is 193 g/mol. The number of nitrogens with one attached hydrogen (secondary N) is 2. The first kappa shape index (κ1) is 9.40. The summed E-state index contributed by atoms with van der Waals surface area (Å²) < 4.78 is 0. The summed E-state index contributed by atoms with van der Waals surface area (Å²) in [4.78, 5) is 17.9. The predicted octanol–water partition coefficient (Wildman–Crippen LogP) is 0.328. The molecule has 0 amide bonds. The van der Waals surface area contributed by atoms with Crippen LogP contribution in [0.3, 0.4) is 0 Å². The number of hydrogen-bond acceptors (Lipinski definition) is 3. The van der Waals surface area contributed by atoms with E-state index in [1.165, 1.54) is 5.56 Å². The molecule has 1 aromatic heterocycles. The van der Waals surface area contributed by atoms with Gasteiger partial charge in [-0.25, -0.2) is 4.79 Å². The van der Waals surface area contributed by atoms with Gasteiger partial charge in [0, 0.05) is 18.2 Å². The van der Waals surface area contributed by atoms with Gasteiger partial charge in [0.05, 0.1) is 5.69 Å². The Labute approximate surface area is 82.8 Å². The van der Waals surface area contributed by atoms with E-state index in [1.807, 2.05) is 14.0 Å². The fourth-order valence-electron chi connectivity index (χ4n) is 2.29. The lowest BCUT2D eigenvalue weighted by molar-refractivity contribution is 0.619. The highest BCUT2D eigenvalue weighted by atomic mass is 16.1. The van der Waals surface area contributed by atoms with Crippen molar-refractivity contribution >= 4 is 0 Å². The number of nitrogens with zero attached hydrogens (tertiary/aromatic N) is 1. The van der Waals surface area contributed by atoms with E-state index < -0.39 is 0 Å². The lowest BCUT2D eigenvalue weighted by Crippen LogP contribution is -2.19. The topological polar surface area (TPSA) is 57.8 Å². The summed E-state index contributed by atoms with van der Waals surface area (Å²) in [6.45, 7) is 2.91. The van der Waals surface area contributed by atoms with E-state index in [-0.39, 0.29) is 5.69 Å². The van der Waals surface area contributed by atoms with Crippen molar-refractivity contribution < 1.29 is 0 Å². The van der Waals surface area contributed by atoms with Crippen LogP contribution in [-0.2, 0) is 6.42 Å². The molecule has 1 unspecified atom stereocenters. The van der Waals surface area contributed by atoms with Crippen molar-refractivity contribution in [2.24, 2.45) is 0 Å². The fraction of sp³-hybridized carbons (Fsp3) is 0.600. The van der Waals surface area contributed by atoms with Gasteiger partial charge >= 0.3 is 5.69 Å². The lowest BCUT2D eigenvalue weighted by Gasteiger charge is -2.11. The van der Waals surface area contributed by atoms with E-state index in [4.69, 9.17) is 0 Å². The maximum absolute atomic E-state index is 11.1. The number of aryl methyl sites for hydroxylation is 2. The van der Waals surface area contributed by atoms with Gasteiger partial charge in [-0.15, -0.1) is 0 Å². The van der Waals surface area contributed by atoms with Gasteiger partial charge in [0.2, 0.25) is 0 Å². The Morgan fingerprint density at radius 1 is 1.64 bits per heavy atom. The van der Waals surface area contributed by atoms with Crippen molar-refractivity contribution in [2.45, 2.75) is 25.7 Å². The molecule has 0 fully saturated rings. The minimum atomic E-state index is -0.216. The molecule has 2 N–H and O–H groups in total. The van der Waals surface area contributed by atoms with Crippen molar-refractivity contribution in [1.29, 1.82) is 0 Å². The Kier molecular flexibility index (Phi) is 2.37. The summed E-state index contributed by atoms with van der Waals surface area (Å²) in [7, 11) is 1.95. The molecule has 2 rings (SSSR count). The molecule has 0 aromatic carbocycles. The van der Waals surface area contributed by atoms with Crippen molar-refractivity contribution in [3.05, 3.63) is 27.4 Å². The Morgan fingerprint density at radius 3 is 3.14 bits per heavy atom. The zero-order valence-corrected chi connectivity index (χ0v) is 8.55. The molecular formula is C10H15N3O. The average Bonchev–Trinajstić information content (AvgIpc) is 2.49. The van der Waals surface area contributed by atoms with Gasteiger partial charge in [-0.1, -0.05) is 0 Å². The molecule has 1 aliphatic rings. The summed E-state index contributed by atoms with van der Waals surface area (Å²) in [6, 6.07) is 0. The molecule has 0 saturated carbocycles. The third-order valence-corrected chi connectivity index (χ3v) is 2.83. The smallest absolute Gasteiger partial charge is 0.319 e. The molecule has 14 heavy (non-hydrogen) atoms. The second kappa shape index (κ2) is 3.53. The Bertz CT molecular complexity index is 397. The van der Waals surface area contributed by atoms with Crippen LogP contribution in [0.15, 0.2) is 4.79 Å². The zero-order valence-electron chi connectivity index (χ0n) is 8.55. The molecule has 0 radical (unpaired) electrons. The summed E-state index contributed by atoms with van der Waals surface area (Å²) in [5, 5.41) is 3.17. The number of hydrogen-bond donors (Lipinski definition) is 2. The summed E-state index contributed by atoms with van der Waals surface area (Å²) in [6.07, 6.45) is 2.04. The third-order valence-electron chi connectivity index (χ3n) is 2.83. The first-order valence-electron chi connectivity index (χ1n) is 4.96. The van der Waals surface area contributed by atoms with Crippen LogP contribution in [0.4, 0.5) is 0 Å². The average molecular weight is 193 g/mol. The van der Waals surface area contributed by atoms with Crippen LogP contribution in [0.2, 0.25) is 0 Å². The van der Waals surface area contributed by atoms with Crippen LogP contribution in [0.5, 0.6) is 0 Å². The fourth-order valence-corrected chi connectivity index (χ4v) is 2.29. The standard InChI is InChI=1S/C10H15N3O/c1-6-9-7(5-11-2)3-4-8(9)13-10(14)12-6/h7,11H,3-5H2,1-2H3,(H,12,13,14). The summed E-state index contributed by atoms with van der Waals surface area (Å²) in [5.41, 5.74) is 3.01. The molecule has 0 aliphatic heterocycles. The molecule has 1 atom stereocenters. The van der Waals surface area contributed by atoms with Crippen molar-refractivity contribution in [3.8, 4) is 0 Å². The van der Waals surface area contributed by atoms with Crippen LogP contribution in [0, 0.1) is 6.92 Å². The van der Waals surface area contributed by atoms with E-state index in [9.17, 15) is 4.79 Å². The van der Waals surface area contributed by atoms with E-state index in [0.29, 0.717) is 5.92 Å². The minimum absolute atomic E-state index is 0.216. The number of rotatable bonds is 2. The minimum Gasteiger partial charge on any atom is -0.319 e. The molecule has 0 saturated heterocycles. The molecule has 76 valence electrons. The highest BCUT2D eigenvalue weighted by Gasteiger charge is 2.25. The first-order chi connectivity index (χ1) is 6.72. The largest absolute Gasteiger partial charge is 0.345 e. The molecule has 1 aliphatic carbocycles. The quantitative estimate of drug-likeness (QED) is 0.711. The van der Waals surface area contributed by atoms with E-state index in [1.54, 1.807) is 0 Å². The van der Waals surface area contributed by atoms with E-state index >= 15 is 0 Å². The van der Waals surface area contributed by atoms with Crippen LogP contribution < -0.4 is 11.0 Å². The van der Waals surface area contributed by atoms with E-state index in [2.05, 4.69) is 15.3 Å². The normalized spacial score (nSPS) is 19.7. The first-order valence-corrected chi connectivity index (χ1v) is 4.96. The number of H-pyrrole nitrogens is 1. The number of aromatic amines is 1. The SMILES string of the molecule is CNCC1CCc2nc(=O)[nH]c(C)c21. The van der Waals surface area contributed by atoms with Crippen LogP contribution in [0.1, 0.15) is 29.3 Å². The van der Waals surface area contributed by atoms with Gasteiger partial charge in [0.15, 0.2) is 0 Å². The van der Waals surface area contributed by atoms with Gasteiger partial charge in [-0.2, -0.15) is 4.98 Å². The van der Waals surface area contributed by atoms with Crippen molar-refractivity contribution in [3.63, 3.8) is 0 Å². The maximum Gasteiger partial charge on any atom is 0.345 e. The second-order valence-corrected chi connectivity index (χ2v) is 3.82. The maximum atomic E-state index is 11.1. The predicted molar refractivity (Wildman–Crippen MR) is 54.6 cm³/mol. The molecule has 1 aromatic rings. The van der Waals surface area contributed by atoms with Gasteiger partial charge in [0.25, 0.3) is 0 Å². The lowest BCUT2D eigenvalue weighted by atomic mass is 10.0. The van der Waals surface area contributed by atoms with Crippen LogP contribution >= 0.6 is 0 Å². The molecule has 0 bridgehead atoms. The summed E-state index contributed by atoms with van der Waals surface area (Å²) >= 11 is 0. The second-order valence-electron chi connectivity index (χ2n) is 3.82. The van der Waals surface area contributed by atoms with Gasteiger partial charge in [0.1, 0.15) is 0 Å².